The first-order valence-electron chi connectivity index (χ1n) is 16.2. The first-order valence-corrected chi connectivity index (χ1v) is 16.2. The number of nitrogens with zero attached hydrogens (tertiary/aromatic N) is 3. The van der Waals surface area contributed by atoms with Crippen LogP contribution < -0.4 is 0 Å². The second-order valence-corrected chi connectivity index (χ2v) is 12.2. The lowest BCUT2D eigenvalue weighted by Gasteiger charge is -2.10. The average Bonchev–Trinajstić information content (AvgIpc) is 3.48. The Morgan fingerprint density at radius 2 is 1.02 bits per heavy atom. The van der Waals surface area contributed by atoms with Crippen LogP contribution in [0.2, 0.25) is 0 Å². The highest BCUT2D eigenvalue weighted by Crippen LogP contribution is 2.38. The summed E-state index contributed by atoms with van der Waals surface area (Å²) in [5.74, 6) is 0.702. The summed E-state index contributed by atoms with van der Waals surface area (Å²) in [7, 11) is 0. The average molecular weight is 614 g/mol. The van der Waals surface area contributed by atoms with Crippen molar-refractivity contribution in [3.05, 3.63) is 164 Å². The maximum atomic E-state index is 6.57. The molecule has 0 bridgehead atoms. The number of benzene rings is 7. The van der Waals surface area contributed by atoms with E-state index in [-0.39, 0.29) is 0 Å². The second-order valence-electron chi connectivity index (χ2n) is 12.2. The molecular weight excluding hydrogens is 587 g/mol. The molecule has 0 saturated carbocycles. The van der Waals surface area contributed by atoms with Crippen LogP contribution in [-0.4, -0.2) is 14.4 Å². The topological polar surface area (TPSA) is 43.3 Å². The Hall–Kier alpha value is -6.52. The van der Waals surface area contributed by atoms with Crippen LogP contribution in [0.4, 0.5) is 0 Å². The van der Waals surface area contributed by atoms with Gasteiger partial charge in [0.15, 0.2) is 11.4 Å². The summed E-state index contributed by atoms with van der Waals surface area (Å²) in [4.78, 5) is 10.3. The maximum absolute atomic E-state index is 6.57. The molecule has 0 unspecified atom stereocenters. The molecule has 10 rings (SSSR count). The third-order valence-electron chi connectivity index (χ3n) is 9.42. The van der Waals surface area contributed by atoms with Gasteiger partial charge in [-0.25, -0.2) is 9.97 Å². The molecule has 0 spiro atoms. The van der Waals surface area contributed by atoms with E-state index in [1.807, 2.05) is 36.4 Å². The Labute approximate surface area is 275 Å². The monoisotopic (exact) mass is 613 g/mol. The first kappa shape index (κ1) is 26.7. The van der Waals surface area contributed by atoms with Crippen LogP contribution >= 0.6 is 0 Å². The highest BCUT2D eigenvalue weighted by Gasteiger charge is 2.17. The van der Waals surface area contributed by atoms with Crippen molar-refractivity contribution in [2.45, 2.75) is 0 Å². The van der Waals surface area contributed by atoms with Crippen molar-refractivity contribution in [1.82, 2.24) is 14.4 Å². The first-order chi connectivity index (χ1) is 23.8. The molecular formula is C44H27N3O. The normalized spacial score (nSPS) is 11.8. The third kappa shape index (κ3) is 4.10. The van der Waals surface area contributed by atoms with Crippen LogP contribution in [0.15, 0.2) is 168 Å². The van der Waals surface area contributed by atoms with E-state index in [0.717, 1.165) is 71.6 Å². The standard InChI is InChI=1S/C44H27N3O/c1-2-11-28(12-3-1)29-21-23-30(24-22-29)42-35-14-4-6-17-37(35)45-44(46-42)31-25-26-38-36(27-31)34-16-10-15-33-32-13-5-8-19-40(32)48-41-20-9-7-18-39(41)47(38)43(33)34/h1-27H. The molecule has 4 heteroatoms. The molecule has 3 aromatic heterocycles. The zero-order chi connectivity index (χ0) is 31.6. The molecule has 0 N–H and O–H groups in total. The summed E-state index contributed by atoms with van der Waals surface area (Å²) in [5, 5.41) is 5.56. The number of rotatable bonds is 3. The van der Waals surface area contributed by atoms with E-state index in [0.29, 0.717) is 5.82 Å². The van der Waals surface area contributed by atoms with E-state index in [4.69, 9.17) is 14.4 Å². The van der Waals surface area contributed by atoms with Gasteiger partial charge in [-0.15, -0.1) is 0 Å². The smallest absolute Gasteiger partial charge is 0.160 e. The molecule has 0 aliphatic carbocycles. The lowest BCUT2D eigenvalue weighted by molar-refractivity contribution is 0.661. The van der Waals surface area contributed by atoms with E-state index in [1.165, 1.54) is 16.5 Å². The summed E-state index contributed by atoms with van der Waals surface area (Å²) < 4.78 is 8.91. The van der Waals surface area contributed by atoms with Gasteiger partial charge in [0.05, 0.1) is 27.8 Å². The van der Waals surface area contributed by atoms with Gasteiger partial charge in [0, 0.05) is 38.1 Å². The highest BCUT2D eigenvalue weighted by molar-refractivity contribution is 6.20. The van der Waals surface area contributed by atoms with Gasteiger partial charge in [-0.05, 0) is 53.6 Å². The summed E-state index contributed by atoms with van der Waals surface area (Å²) in [6.45, 7) is 0. The minimum absolute atomic E-state index is 0.702. The predicted molar refractivity (Wildman–Crippen MR) is 198 cm³/mol. The lowest BCUT2D eigenvalue weighted by atomic mass is 10.0. The lowest BCUT2D eigenvalue weighted by Crippen LogP contribution is -1.95. The second kappa shape index (κ2) is 10.5. The van der Waals surface area contributed by atoms with Crippen molar-refractivity contribution in [2.75, 3.05) is 0 Å². The maximum Gasteiger partial charge on any atom is 0.160 e. The molecule has 0 atom stereocenters. The Bertz CT molecular complexity index is 2880. The Balaban J connectivity index is 1.23. The van der Waals surface area contributed by atoms with Crippen molar-refractivity contribution < 1.29 is 4.42 Å². The van der Waals surface area contributed by atoms with Crippen LogP contribution in [0.25, 0.3) is 93.9 Å². The molecule has 10 aromatic rings. The minimum Gasteiger partial charge on any atom is -0.455 e. The summed E-state index contributed by atoms with van der Waals surface area (Å²) >= 11 is 0. The summed E-state index contributed by atoms with van der Waals surface area (Å²) in [6.07, 6.45) is 0. The number of hydrogen-bond donors (Lipinski definition) is 0. The quantitative estimate of drug-likeness (QED) is 0.199. The van der Waals surface area contributed by atoms with Crippen LogP contribution in [0, 0.1) is 0 Å². The zero-order valence-corrected chi connectivity index (χ0v) is 25.8. The predicted octanol–water partition coefficient (Wildman–Crippen LogP) is 11.7. The van der Waals surface area contributed by atoms with Gasteiger partial charge in [0.2, 0.25) is 0 Å². The number of hydrogen-bond acceptors (Lipinski definition) is 3. The summed E-state index contributed by atoms with van der Waals surface area (Å²) in [5.41, 5.74) is 11.2. The van der Waals surface area contributed by atoms with E-state index in [9.17, 15) is 0 Å². The Kier molecular flexibility index (Phi) is 5.84. The minimum atomic E-state index is 0.702. The summed E-state index contributed by atoms with van der Waals surface area (Å²) in [6, 6.07) is 57.1. The van der Waals surface area contributed by atoms with Crippen molar-refractivity contribution in [3.63, 3.8) is 0 Å². The van der Waals surface area contributed by atoms with Gasteiger partial charge in [0.25, 0.3) is 0 Å². The van der Waals surface area contributed by atoms with E-state index < -0.39 is 0 Å². The highest BCUT2D eigenvalue weighted by atomic mass is 16.3. The van der Waals surface area contributed by atoms with Gasteiger partial charge in [-0.1, -0.05) is 121 Å². The number of aromatic nitrogens is 3. The van der Waals surface area contributed by atoms with Gasteiger partial charge in [0.1, 0.15) is 5.58 Å². The molecule has 4 nitrogen and oxygen atoms in total. The van der Waals surface area contributed by atoms with Crippen molar-refractivity contribution >= 4 is 60.2 Å². The van der Waals surface area contributed by atoms with Gasteiger partial charge >= 0.3 is 0 Å². The largest absolute Gasteiger partial charge is 0.455 e. The molecule has 0 saturated heterocycles. The van der Waals surface area contributed by atoms with Gasteiger partial charge in [-0.3, -0.25) is 0 Å². The molecule has 0 amide bonds. The van der Waals surface area contributed by atoms with Crippen molar-refractivity contribution in [2.24, 2.45) is 0 Å². The van der Waals surface area contributed by atoms with Crippen LogP contribution in [0.3, 0.4) is 0 Å². The molecule has 0 radical (unpaired) electrons. The molecule has 0 aliphatic rings. The zero-order valence-electron chi connectivity index (χ0n) is 25.8. The number of para-hydroxylation sites is 5. The Morgan fingerprint density at radius 3 is 1.88 bits per heavy atom. The number of fused-ring (bicyclic) bond motifs is 8. The van der Waals surface area contributed by atoms with Crippen LogP contribution in [0.1, 0.15) is 0 Å². The van der Waals surface area contributed by atoms with Gasteiger partial charge < -0.3 is 8.82 Å². The molecule has 48 heavy (non-hydrogen) atoms. The van der Waals surface area contributed by atoms with Crippen LogP contribution in [-0.2, 0) is 0 Å². The molecule has 0 aliphatic heterocycles. The SMILES string of the molecule is c1ccc(-c2ccc(-c3nc(-c4ccc5c(c4)c4cccc6c7ccccc7oc7ccccc7n5c64)nc4ccccc34)cc2)cc1. The van der Waals surface area contributed by atoms with E-state index >= 15 is 0 Å². The fraction of sp³-hybridized carbons (Fsp3) is 0. The molecule has 3 heterocycles. The fourth-order valence-corrected chi connectivity index (χ4v) is 7.18. The molecule has 224 valence electrons. The van der Waals surface area contributed by atoms with E-state index in [2.05, 4.69) is 132 Å². The fourth-order valence-electron chi connectivity index (χ4n) is 7.18. The Morgan fingerprint density at radius 1 is 0.396 bits per heavy atom. The van der Waals surface area contributed by atoms with Crippen molar-refractivity contribution in [1.29, 1.82) is 0 Å². The van der Waals surface area contributed by atoms with Crippen molar-refractivity contribution in [3.8, 4) is 33.8 Å². The third-order valence-corrected chi connectivity index (χ3v) is 9.42. The van der Waals surface area contributed by atoms with Crippen LogP contribution in [0.5, 0.6) is 0 Å². The molecule has 7 aromatic carbocycles. The van der Waals surface area contributed by atoms with E-state index in [1.54, 1.807) is 0 Å². The van der Waals surface area contributed by atoms with Gasteiger partial charge in [-0.2, -0.15) is 0 Å². The molecule has 0 fully saturated rings.